The minimum atomic E-state index is -0.439. The van der Waals surface area contributed by atoms with Gasteiger partial charge in [0.15, 0.2) is 5.65 Å². The summed E-state index contributed by atoms with van der Waals surface area (Å²) in [4.78, 5) is 42.3. The Morgan fingerprint density at radius 3 is 2.47 bits per heavy atom. The molecule has 0 aromatic carbocycles. The number of dihydropyridines is 1. The molecule has 10 nitrogen and oxygen atoms in total. The second-order valence-electron chi connectivity index (χ2n) is 11.2. The zero-order valence-corrected chi connectivity index (χ0v) is 23.3. The van der Waals surface area contributed by atoms with E-state index in [-0.39, 0.29) is 24.4 Å². The van der Waals surface area contributed by atoms with Gasteiger partial charge >= 0.3 is 0 Å². The lowest BCUT2D eigenvalue weighted by molar-refractivity contribution is -0.120. The van der Waals surface area contributed by atoms with Crippen LogP contribution in [-0.4, -0.2) is 101 Å². The number of allylic oxidation sites excluding steroid dienone is 1. The maximum Gasteiger partial charge on any atom is 0.254 e. The highest BCUT2D eigenvalue weighted by molar-refractivity contribution is 6.07. The summed E-state index contributed by atoms with van der Waals surface area (Å²) in [5.74, 6) is -0.0686. The van der Waals surface area contributed by atoms with E-state index in [1.165, 1.54) is 12.8 Å². The van der Waals surface area contributed by atoms with Crippen LogP contribution in [0.5, 0.6) is 0 Å². The quantitative estimate of drug-likeness (QED) is 0.625. The van der Waals surface area contributed by atoms with Crippen molar-refractivity contribution in [3.05, 3.63) is 29.5 Å². The molecule has 10 heteroatoms. The fourth-order valence-corrected chi connectivity index (χ4v) is 5.86. The first-order valence-electron chi connectivity index (χ1n) is 13.8. The number of hydrogen-bond acceptors (Lipinski definition) is 7. The average Bonchev–Trinajstić information content (AvgIpc) is 3.32. The standard InChI is InChI=1S/C28H40N8O2/c1-18(2)36-26-24(17-30-36)22(27(37)29-16-23-19(3)14-20(4)31-28(23)38)15-25(32-26)35-12-10-34(11-13-35)21-6-8-33(5)9-7-21/h14-15,17-18,21,23H,6-13,16H2,1-5H3,(H,29,37). The molecule has 1 unspecified atom stereocenters. The van der Waals surface area contributed by atoms with Gasteiger partial charge in [-0.05, 0) is 72.8 Å². The minimum Gasteiger partial charge on any atom is -0.354 e. The molecule has 5 rings (SSSR count). The van der Waals surface area contributed by atoms with Crippen molar-refractivity contribution in [2.45, 2.75) is 52.6 Å². The van der Waals surface area contributed by atoms with Crippen molar-refractivity contribution in [1.82, 2.24) is 29.9 Å². The molecule has 2 saturated heterocycles. The fourth-order valence-electron chi connectivity index (χ4n) is 5.86. The summed E-state index contributed by atoms with van der Waals surface area (Å²) >= 11 is 0. The number of aliphatic imine (C=N–C) groups is 1. The van der Waals surface area contributed by atoms with Crippen molar-refractivity contribution in [2.24, 2.45) is 10.9 Å². The van der Waals surface area contributed by atoms with Crippen molar-refractivity contribution in [3.63, 3.8) is 0 Å². The molecule has 0 radical (unpaired) electrons. The summed E-state index contributed by atoms with van der Waals surface area (Å²) in [6, 6.07) is 2.66. The second kappa shape index (κ2) is 10.9. The number of nitrogens with one attached hydrogen (secondary N) is 1. The number of likely N-dealkylation sites (tertiary alicyclic amines) is 1. The van der Waals surface area contributed by atoms with Gasteiger partial charge in [-0.25, -0.2) is 14.7 Å². The van der Waals surface area contributed by atoms with Gasteiger partial charge < -0.3 is 15.1 Å². The van der Waals surface area contributed by atoms with E-state index in [0.29, 0.717) is 23.0 Å². The maximum absolute atomic E-state index is 13.5. The number of rotatable bonds is 6. The largest absolute Gasteiger partial charge is 0.354 e. The van der Waals surface area contributed by atoms with Gasteiger partial charge in [-0.15, -0.1) is 0 Å². The van der Waals surface area contributed by atoms with Crippen molar-refractivity contribution < 1.29 is 9.59 Å². The third-order valence-corrected chi connectivity index (χ3v) is 8.17. The van der Waals surface area contributed by atoms with Crippen LogP contribution in [0, 0.1) is 5.92 Å². The maximum atomic E-state index is 13.5. The van der Waals surface area contributed by atoms with E-state index < -0.39 is 5.92 Å². The predicted molar refractivity (Wildman–Crippen MR) is 150 cm³/mol. The number of carbonyl (C=O) groups is 2. The van der Waals surface area contributed by atoms with Crippen LogP contribution in [-0.2, 0) is 4.79 Å². The minimum absolute atomic E-state index is 0.112. The SMILES string of the molecule is CC1=CC(C)=NC(=O)C1CNC(=O)c1cc(N2CCN(C3CCN(C)CC3)CC2)nc2c1cnn2C(C)C. The zero-order chi connectivity index (χ0) is 27.0. The van der Waals surface area contributed by atoms with Crippen LogP contribution >= 0.6 is 0 Å². The molecule has 2 aromatic heterocycles. The number of pyridine rings is 1. The fraction of sp³-hybridized carbons (Fsp3) is 0.607. The summed E-state index contributed by atoms with van der Waals surface area (Å²) in [6.45, 7) is 14.1. The molecule has 0 aliphatic carbocycles. The van der Waals surface area contributed by atoms with Gasteiger partial charge in [0.25, 0.3) is 11.8 Å². The molecule has 3 aliphatic rings. The third-order valence-electron chi connectivity index (χ3n) is 8.17. The van der Waals surface area contributed by atoms with E-state index in [1.807, 2.05) is 30.7 Å². The van der Waals surface area contributed by atoms with Crippen LogP contribution < -0.4 is 10.2 Å². The molecule has 0 saturated carbocycles. The normalized spacial score (nSPS) is 22.2. The number of piperazine rings is 1. The number of amides is 2. The number of hydrogen-bond donors (Lipinski definition) is 1. The van der Waals surface area contributed by atoms with Gasteiger partial charge in [-0.2, -0.15) is 5.10 Å². The molecule has 38 heavy (non-hydrogen) atoms. The highest BCUT2D eigenvalue weighted by atomic mass is 16.2. The first kappa shape index (κ1) is 26.5. The zero-order valence-electron chi connectivity index (χ0n) is 23.3. The van der Waals surface area contributed by atoms with Crippen molar-refractivity contribution >= 4 is 34.4 Å². The summed E-state index contributed by atoms with van der Waals surface area (Å²) < 4.78 is 1.87. The summed E-state index contributed by atoms with van der Waals surface area (Å²) in [5.41, 5.74) is 2.87. The Bertz CT molecular complexity index is 1260. The van der Waals surface area contributed by atoms with Crippen LogP contribution in [0.25, 0.3) is 11.0 Å². The number of carbonyl (C=O) groups excluding carboxylic acids is 2. The first-order valence-corrected chi connectivity index (χ1v) is 13.8. The van der Waals surface area contributed by atoms with Crippen LogP contribution in [0.1, 0.15) is 56.9 Å². The van der Waals surface area contributed by atoms with E-state index in [2.05, 4.69) is 51.0 Å². The van der Waals surface area contributed by atoms with E-state index in [1.54, 1.807) is 6.20 Å². The smallest absolute Gasteiger partial charge is 0.254 e. The van der Waals surface area contributed by atoms with Crippen molar-refractivity contribution in [3.8, 4) is 0 Å². The Balaban J connectivity index is 1.35. The molecule has 3 aliphatic heterocycles. The Labute approximate surface area is 224 Å². The molecule has 5 heterocycles. The summed E-state index contributed by atoms with van der Waals surface area (Å²) in [5, 5.41) is 8.26. The van der Waals surface area contributed by atoms with Crippen LogP contribution in [0.3, 0.4) is 0 Å². The second-order valence-corrected chi connectivity index (χ2v) is 11.2. The Morgan fingerprint density at radius 2 is 1.82 bits per heavy atom. The molecule has 0 bridgehead atoms. The Hall–Kier alpha value is -3.11. The summed E-state index contributed by atoms with van der Waals surface area (Å²) in [6.07, 6.45) is 6.08. The third kappa shape index (κ3) is 5.37. The van der Waals surface area contributed by atoms with E-state index in [9.17, 15) is 9.59 Å². The topological polar surface area (TPSA) is 99.0 Å². The van der Waals surface area contributed by atoms with Gasteiger partial charge in [0.05, 0.1) is 23.1 Å². The van der Waals surface area contributed by atoms with Crippen molar-refractivity contribution in [1.29, 1.82) is 0 Å². The highest BCUT2D eigenvalue weighted by Gasteiger charge is 2.29. The Kier molecular flexibility index (Phi) is 7.63. The predicted octanol–water partition coefficient (Wildman–Crippen LogP) is 2.52. The van der Waals surface area contributed by atoms with E-state index in [0.717, 1.165) is 56.0 Å². The van der Waals surface area contributed by atoms with Crippen LogP contribution in [0.15, 0.2) is 28.9 Å². The number of aromatic nitrogens is 3. The first-order chi connectivity index (χ1) is 18.2. The monoisotopic (exact) mass is 520 g/mol. The van der Waals surface area contributed by atoms with Gasteiger partial charge in [0.1, 0.15) is 5.82 Å². The van der Waals surface area contributed by atoms with Gasteiger partial charge in [0, 0.05) is 50.5 Å². The van der Waals surface area contributed by atoms with Gasteiger partial charge in [-0.1, -0.05) is 5.57 Å². The van der Waals surface area contributed by atoms with Crippen LogP contribution in [0.4, 0.5) is 5.82 Å². The molecule has 1 N–H and O–H groups in total. The number of nitrogens with zero attached hydrogens (tertiary/aromatic N) is 7. The molecular weight excluding hydrogens is 480 g/mol. The highest BCUT2D eigenvalue weighted by Crippen LogP contribution is 2.27. The van der Waals surface area contributed by atoms with Gasteiger partial charge in [-0.3, -0.25) is 14.5 Å². The van der Waals surface area contributed by atoms with Gasteiger partial charge in [0.2, 0.25) is 0 Å². The molecule has 2 aromatic rings. The molecule has 1 atom stereocenters. The molecule has 0 spiro atoms. The molecule has 2 amide bonds. The molecule has 204 valence electrons. The molecular formula is C28H40N8O2. The lowest BCUT2D eigenvalue weighted by Crippen LogP contribution is -2.53. The average molecular weight is 521 g/mol. The summed E-state index contributed by atoms with van der Waals surface area (Å²) in [7, 11) is 2.20. The lowest BCUT2D eigenvalue weighted by Gasteiger charge is -2.42. The lowest BCUT2D eigenvalue weighted by atomic mass is 9.95. The van der Waals surface area contributed by atoms with Crippen molar-refractivity contribution in [2.75, 3.05) is 57.8 Å². The van der Waals surface area contributed by atoms with Crippen LogP contribution in [0.2, 0.25) is 0 Å². The number of piperidine rings is 1. The Morgan fingerprint density at radius 1 is 1.11 bits per heavy atom. The van der Waals surface area contributed by atoms with E-state index >= 15 is 0 Å². The molecule has 2 fully saturated rings. The van der Waals surface area contributed by atoms with E-state index in [4.69, 9.17) is 4.98 Å². The number of fused-ring (bicyclic) bond motifs is 1. The number of anilines is 1.